The van der Waals surface area contributed by atoms with Gasteiger partial charge in [-0.1, -0.05) is 42.5 Å². The summed E-state index contributed by atoms with van der Waals surface area (Å²) in [6, 6.07) is 10.8. The Labute approximate surface area is 201 Å². The number of carbonyl (C=O) groups excluding carboxylic acids is 2. The number of amides is 1. The van der Waals surface area contributed by atoms with Gasteiger partial charge in [-0.3, -0.25) is 14.5 Å². The molecule has 0 spiro atoms. The lowest BCUT2D eigenvalue weighted by atomic mass is 9.76. The molecule has 1 aromatic carbocycles. The molecule has 2 aliphatic carbocycles. The van der Waals surface area contributed by atoms with E-state index in [4.69, 9.17) is 4.74 Å². The maximum atomic E-state index is 12.6. The van der Waals surface area contributed by atoms with Crippen molar-refractivity contribution >= 4 is 11.7 Å². The van der Waals surface area contributed by atoms with Crippen LogP contribution in [0.5, 0.6) is 0 Å². The van der Waals surface area contributed by atoms with Crippen molar-refractivity contribution in [3.05, 3.63) is 84.1 Å². The first kappa shape index (κ1) is 22.7. The van der Waals surface area contributed by atoms with Gasteiger partial charge in [0.15, 0.2) is 5.78 Å². The molecule has 1 N–H and O–H groups in total. The largest absolute Gasteiger partial charge is 0.462 e. The third kappa shape index (κ3) is 5.50. The minimum atomic E-state index is 0.109. The van der Waals surface area contributed by atoms with Crippen LogP contribution in [0.2, 0.25) is 0 Å². The maximum absolute atomic E-state index is 12.6. The van der Waals surface area contributed by atoms with Crippen LogP contribution in [0, 0.1) is 5.92 Å². The highest BCUT2D eigenvalue weighted by molar-refractivity contribution is 5.93. The van der Waals surface area contributed by atoms with Crippen LogP contribution in [0.3, 0.4) is 0 Å². The second-order valence-corrected chi connectivity index (χ2v) is 9.74. The number of nitrogens with one attached hydrogen (secondary N) is 1. The molecule has 1 amide bonds. The fourth-order valence-corrected chi connectivity index (χ4v) is 5.61. The minimum Gasteiger partial charge on any atom is -0.462 e. The van der Waals surface area contributed by atoms with Gasteiger partial charge >= 0.3 is 0 Å². The lowest BCUT2D eigenvalue weighted by Gasteiger charge is -2.50. The molecule has 6 nitrogen and oxygen atoms in total. The SMILES string of the molecule is O=C1C=CC=C(C2=CN(CCCN3CC4CCC3CC4NC(=O)Cc3ccccc3)C=CO2)C1. The summed E-state index contributed by atoms with van der Waals surface area (Å²) in [5.74, 6) is 1.55. The molecule has 34 heavy (non-hydrogen) atoms. The van der Waals surface area contributed by atoms with Gasteiger partial charge in [-0.15, -0.1) is 0 Å². The summed E-state index contributed by atoms with van der Waals surface area (Å²) in [7, 11) is 0. The summed E-state index contributed by atoms with van der Waals surface area (Å²) in [6.45, 7) is 3.04. The number of nitrogens with zero attached hydrogens (tertiary/aromatic N) is 2. The molecule has 3 fully saturated rings. The Bertz CT molecular complexity index is 1030. The van der Waals surface area contributed by atoms with E-state index in [2.05, 4.69) is 15.1 Å². The fourth-order valence-electron chi connectivity index (χ4n) is 5.61. The Balaban J connectivity index is 1.08. The van der Waals surface area contributed by atoms with E-state index in [1.165, 1.54) is 12.8 Å². The zero-order valence-electron chi connectivity index (χ0n) is 19.6. The van der Waals surface area contributed by atoms with Gasteiger partial charge in [0.25, 0.3) is 0 Å². The van der Waals surface area contributed by atoms with Crippen LogP contribution in [-0.4, -0.2) is 53.2 Å². The first-order valence-electron chi connectivity index (χ1n) is 12.4. The van der Waals surface area contributed by atoms with Gasteiger partial charge in [-0.2, -0.15) is 0 Å². The minimum absolute atomic E-state index is 0.109. The fraction of sp³-hybridized carbons (Fsp3) is 0.429. The summed E-state index contributed by atoms with van der Waals surface area (Å²) >= 11 is 0. The number of ketones is 1. The van der Waals surface area contributed by atoms with Crippen molar-refractivity contribution in [2.45, 2.75) is 50.6 Å². The van der Waals surface area contributed by atoms with Crippen LogP contribution >= 0.6 is 0 Å². The highest BCUT2D eigenvalue weighted by Crippen LogP contribution is 2.35. The standard InChI is InChI=1S/C28H33N3O3/c32-25-9-4-8-22(17-25)27-20-30(14-15-34-27)12-5-13-31-19-23-10-11-24(31)18-26(23)29-28(33)16-21-6-2-1-3-7-21/h1-4,6-9,14-15,20,23-24,26H,5,10-13,16-19H2,(H,29,33). The number of benzene rings is 1. The summed E-state index contributed by atoms with van der Waals surface area (Å²) in [6.07, 6.45) is 16.4. The Hall–Kier alpha value is -3.12. The molecule has 0 radical (unpaired) electrons. The molecule has 3 atom stereocenters. The van der Waals surface area contributed by atoms with E-state index in [1.807, 2.05) is 48.8 Å². The third-order valence-electron chi connectivity index (χ3n) is 7.36. The topological polar surface area (TPSA) is 61.9 Å². The van der Waals surface area contributed by atoms with E-state index < -0.39 is 0 Å². The number of piperidine rings is 2. The highest BCUT2D eigenvalue weighted by atomic mass is 16.5. The molecule has 3 aliphatic heterocycles. The van der Waals surface area contributed by atoms with Crippen molar-refractivity contribution in [3.8, 4) is 0 Å². The monoisotopic (exact) mass is 459 g/mol. The molecule has 1 saturated carbocycles. The second-order valence-electron chi connectivity index (χ2n) is 9.74. The Morgan fingerprint density at radius 2 is 2.03 bits per heavy atom. The molecule has 178 valence electrons. The number of carbonyl (C=O) groups is 2. The number of hydrogen-bond acceptors (Lipinski definition) is 5. The molecule has 3 unspecified atom stereocenters. The van der Waals surface area contributed by atoms with Crippen LogP contribution < -0.4 is 5.32 Å². The smallest absolute Gasteiger partial charge is 0.224 e. The zero-order valence-corrected chi connectivity index (χ0v) is 19.6. The van der Waals surface area contributed by atoms with Gasteiger partial charge in [-0.25, -0.2) is 0 Å². The summed E-state index contributed by atoms with van der Waals surface area (Å²) in [5.41, 5.74) is 2.00. The predicted octanol–water partition coefficient (Wildman–Crippen LogP) is 3.69. The lowest BCUT2D eigenvalue weighted by molar-refractivity contribution is -0.122. The first-order valence-corrected chi connectivity index (χ1v) is 12.4. The quantitative estimate of drug-likeness (QED) is 0.643. The van der Waals surface area contributed by atoms with Gasteiger partial charge in [0, 0.05) is 56.1 Å². The Morgan fingerprint density at radius 3 is 2.82 bits per heavy atom. The normalized spacial score (nSPS) is 26.2. The van der Waals surface area contributed by atoms with E-state index >= 15 is 0 Å². The highest BCUT2D eigenvalue weighted by Gasteiger charge is 2.40. The molecule has 5 aliphatic rings. The zero-order chi connectivity index (χ0) is 23.3. The number of hydrogen-bond donors (Lipinski definition) is 1. The number of ether oxygens (including phenoxy) is 1. The van der Waals surface area contributed by atoms with Crippen molar-refractivity contribution in [3.63, 3.8) is 0 Å². The molecule has 2 saturated heterocycles. The van der Waals surface area contributed by atoms with Crippen LogP contribution in [0.25, 0.3) is 0 Å². The van der Waals surface area contributed by atoms with Crippen molar-refractivity contribution in [1.82, 2.24) is 15.1 Å². The molecule has 0 aromatic heterocycles. The van der Waals surface area contributed by atoms with E-state index in [1.54, 1.807) is 18.4 Å². The van der Waals surface area contributed by atoms with Crippen molar-refractivity contribution in [2.75, 3.05) is 19.6 Å². The number of allylic oxidation sites excluding steroid dienone is 4. The van der Waals surface area contributed by atoms with E-state index in [9.17, 15) is 9.59 Å². The lowest BCUT2D eigenvalue weighted by Crippen LogP contribution is -2.59. The molecule has 2 bridgehead atoms. The summed E-state index contributed by atoms with van der Waals surface area (Å²) < 4.78 is 5.65. The molecule has 1 aromatic rings. The molecule has 6 heteroatoms. The van der Waals surface area contributed by atoms with Gasteiger partial charge in [-0.05, 0) is 43.2 Å². The van der Waals surface area contributed by atoms with Gasteiger partial charge < -0.3 is 15.0 Å². The van der Waals surface area contributed by atoms with Gasteiger partial charge in [0.1, 0.15) is 12.0 Å². The van der Waals surface area contributed by atoms with E-state index in [-0.39, 0.29) is 11.7 Å². The molecular weight excluding hydrogens is 426 g/mol. The molecular formula is C28H33N3O3. The van der Waals surface area contributed by atoms with E-state index in [0.717, 1.165) is 49.4 Å². The van der Waals surface area contributed by atoms with Crippen LogP contribution in [0.4, 0.5) is 0 Å². The summed E-state index contributed by atoms with van der Waals surface area (Å²) in [4.78, 5) is 29.0. The van der Waals surface area contributed by atoms with Gasteiger partial charge in [0.05, 0.1) is 6.42 Å². The van der Waals surface area contributed by atoms with Gasteiger partial charge in [0.2, 0.25) is 5.91 Å². The van der Waals surface area contributed by atoms with Crippen molar-refractivity contribution in [2.24, 2.45) is 5.92 Å². The summed E-state index contributed by atoms with van der Waals surface area (Å²) in [5, 5.41) is 3.33. The Morgan fingerprint density at radius 1 is 1.15 bits per heavy atom. The van der Waals surface area contributed by atoms with Crippen LogP contribution in [-0.2, 0) is 20.7 Å². The third-order valence-corrected chi connectivity index (χ3v) is 7.36. The van der Waals surface area contributed by atoms with Crippen molar-refractivity contribution < 1.29 is 14.3 Å². The average molecular weight is 460 g/mol. The second kappa shape index (κ2) is 10.4. The first-order chi connectivity index (χ1) is 16.6. The predicted molar refractivity (Wildman–Crippen MR) is 131 cm³/mol. The maximum Gasteiger partial charge on any atom is 0.224 e. The van der Waals surface area contributed by atoms with E-state index in [0.29, 0.717) is 30.8 Å². The van der Waals surface area contributed by atoms with Crippen LogP contribution in [0.15, 0.2) is 78.6 Å². The average Bonchev–Trinajstić information content (AvgIpc) is 2.85. The van der Waals surface area contributed by atoms with Crippen molar-refractivity contribution in [1.29, 1.82) is 0 Å². The van der Waals surface area contributed by atoms with Crippen LogP contribution in [0.1, 0.15) is 37.7 Å². The number of fused-ring (bicyclic) bond motifs is 3. The molecule has 3 heterocycles. The Kier molecular flexibility index (Phi) is 6.95. The molecule has 6 rings (SSSR count). The number of rotatable bonds is 8.